The third-order valence-corrected chi connectivity index (χ3v) is 4.53. The van der Waals surface area contributed by atoms with Gasteiger partial charge in [0.25, 0.3) is 0 Å². The summed E-state index contributed by atoms with van der Waals surface area (Å²) >= 11 is 0. The lowest BCUT2D eigenvalue weighted by molar-refractivity contribution is -0.0101. The molecule has 2 aliphatic carbocycles. The second-order valence-electron chi connectivity index (χ2n) is 5.81. The molecule has 1 heterocycles. The van der Waals surface area contributed by atoms with Crippen molar-refractivity contribution in [3.8, 4) is 0 Å². The van der Waals surface area contributed by atoms with Gasteiger partial charge in [-0.3, -0.25) is 4.98 Å². The quantitative estimate of drug-likeness (QED) is 0.783. The average Bonchev–Trinajstić information content (AvgIpc) is 2.30. The van der Waals surface area contributed by atoms with E-state index in [2.05, 4.69) is 11.1 Å². The fourth-order valence-corrected chi connectivity index (χ4v) is 3.80. The molecule has 0 saturated heterocycles. The van der Waals surface area contributed by atoms with E-state index in [0.29, 0.717) is 5.41 Å². The van der Waals surface area contributed by atoms with Gasteiger partial charge in [0.05, 0.1) is 0 Å². The highest BCUT2D eigenvalue weighted by atomic mass is 14.8. The number of hydrogen-bond donors (Lipinski definition) is 1. The second kappa shape index (κ2) is 3.56. The van der Waals surface area contributed by atoms with Gasteiger partial charge < -0.3 is 5.73 Å². The smallest absolute Gasteiger partial charge is 0.0435 e. The summed E-state index contributed by atoms with van der Waals surface area (Å²) in [6, 6.07) is 4.12. The molecule has 2 heteroatoms. The van der Waals surface area contributed by atoms with Crippen LogP contribution in [0.4, 0.5) is 0 Å². The van der Waals surface area contributed by atoms with E-state index in [4.69, 9.17) is 5.73 Å². The zero-order valence-corrected chi connectivity index (χ0v) is 9.78. The van der Waals surface area contributed by atoms with Crippen LogP contribution in [0.15, 0.2) is 24.5 Å². The van der Waals surface area contributed by atoms with Gasteiger partial charge in [0.1, 0.15) is 0 Å². The van der Waals surface area contributed by atoms with Crippen LogP contribution in [0.5, 0.6) is 0 Å². The fraction of sp³-hybridized carbons (Fsp3) is 0.643. The molecule has 16 heavy (non-hydrogen) atoms. The summed E-state index contributed by atoms with van der Waals surface area (Å²) in [5.74, 6) is 0. The Morgan fingerprint density at radius 2 is 1.88 bits per heavy atom. The third kappa shape index (κ3) is 1.56. The average molecular weight is 216 g/mol. The van der Waals surface area contributed by atoms with Crippen LogP contribution in [0.3, 0.4) is 0 Å². The van der Waals surface area contributed by atoms with E-state index in [-0.39, 0.29) is 5.54 Å². The predicted molar refractivity (Wildman–Crippen MR) is 64.9 cm³/mol. The molecule has 0 atom stereocenters. The summed E-state index contributed by atoms with van der Waals surface area (Å²) < 4.78 is 0. The number of rotatable bonds is 1. The number of aromatic nitrogens is 1. The van der Waals surface area contributed by atoms with Gasteiger partial charge in [0.2, 0.25) is 0 Å². The van der Waals surface area contributed by atoms with Crippen molar-refractivity contribution in [3.05, 3.63) is 30.1 Å². The lowest BCUT2D eigenvalue weighted by atomic mass is 9.51. The predicted octanol–water partition coefficient (Wildman–Crippen LogP) is 2.98. The van der Waals surface area contributed by atoms with Gasteiger partial charge in [0.15, 0.2) is 0 Å². The molecular weight excluding hydrogens is 196 g/mol. The minimum absolute atomic E-state index is 0.0778. The molecule has 86 valence electrons. The highest BCUT2D eigenvalue weighted by molar-refractivity contribution is 5.26. The molecule has 0 bridgehead atoms. The van der Waals surface area contributed by atoms with E-state index in [9.17, 15) is 0 Å². The van der Waals surface area contributed by atoms with Gasteiger partial charge in [-0.05, 0) is 42.7 Å². The summed E-state index contributed by atoms with van der Waals surface area (Å²) in [7, 11) is 0. The Labute approximate surface area is 97.3 Å². The van der Waals surface area contributed by atoms with Crippen LogP contribution in [0.2, 0.25) is 0 Å². The monoisotopic (exact) mass is 216 g/mol. The van der Waals surface area contributed by atoms with E-state index >= 15 is 0 Å². The van der Waals surface area contributed by atoms with Gasteiger partial charge in [-0.2, -0.15) is 0 Å². The van der Waals surface area contributed by atoms with Gasteiger partial charge in [0, 0.05) is 17.9 Å². The van der Waals surface area contributed by atoms with Crippen LogP contribution in [-0.2, 0) is 5.54 Å². The van der Waals surface area contributed by atoms with Crippen LogP contribution < -0.4 is 5.73 Å². The fourth-order valence-electron chi connectivity index (χ4n) is 3.80. The molecule has 3 rings (SSSR count). The van der Waals surface area contributed by atoms with Crippen molar-refractivity contribution >= 4 is 0 Å². The second-order valence-corrected chi connectivity index (χ2v) is 5.81. The van der Waals surface area contributed by atoms with E-state index in [1.54, 1.807) is 0 Å². The molecule has 1 spiro atoms. The maximum Gasteiger partial charge on any atom is 0.0435 e. The van der Waals surface area contributed by atoms with Gasteiger partial charge >= 0.3 is 0 Å². The molecule has 2 aliphatic rings. The zero-order chi connectivity index (χ0) is 11.1. The Bertz CT molecular complexity index is 358. The first-order valence-corrected chi connectivity index (χ1v) is 6.42. The molecule has 0 amide bonds. The van der Waals surface area contributed by atoms with Crippen LogP contribution in [0.1, 0.15) is 50.5 Å². The van der Waals surface area contributed by atoms with Gasteiger partial charge in [-0.25, -0.2) is 0 Å². The standard InChI is InChI=1S/C14H20N2/c15-14(12-5-4-8-16-9-12)10-13(11-14)6-2-1-3-7-13/h4-5,8-9H,1-3,6-7,10-11,15H2. The molecule has 0 radical (unpaired) electrons. The zero-order valence-electron chi connectivity index (χ0n) is 9.78. The first-order chi connectivity index (χ1) is 7.73. The van der Waals surface area contributed by atoms with Crippen molar-refractivity contribution in [2.75, 3.05) is 0 Å². The lowest BCUT2D eigenvalue weighted by Crippen LogP contribution is -2.56. The minimum atomic E-state index is -0.0778. The van der Waals surface area contributed by atoms with Crippen molar-refractivity contribution in [3.63, 3.8) is 0 Å². The number of nitrogens with zero attached hydrogens (tertiary/aromatic N) is 1. The van der Waals surface area contributed by atoms with Gasteiger partial charge in [-0.15, -0.1) is 0 Å². The number of pyridine rings is 1. The van der Waals surface area contributed by atoms with Gasteiger partial charge in [-0.1, -0.05) is 25.3 Å². The maximum atomic E-state index is 6.49. The van der Waals surface area contributed by atoms with Crippen molar-refractivity contribution in [1.82, 2.24) is 4.98 Å². The minimum Gasteiger partial charge on any atom is -0.321 e. The van der Waals surface area contributed by atoms with Crippen molar-refractivity contribution in [2.45, 2.75) is 50.5 Å². The van der Waals surface area contributed by atoms with Crippen LogP contribution in [0.25, 0.3) is 0 Å². The Morgan fingerprint density at radius 3 is 2.50 bits per heavy atom. The van der Waals surface area contributed by atoms with E-state index in [0.717, 1.165) is 0 Å². The van der Waals surface area contributed by atoms with Crippen molar-refractivity contribution in [1.29, 1.82) is 0 Å². The lowest BCUT2D eigenvalue weighted by Gasteiger charge is -2.56. The van der Waals surface area contributed by atoms with Crippen LogP contribution in [-0.4, -0.2) is 4.98 Å². The molecule has 0 aromatic carbocycles. The summed E-state index contributed by atoms with van der Waals surface area (Å²) in [6.45, 7) is 0. The summed E-state index contributed by atoms with van der Waals surface area (Å²) in [5.41, 5.74) is 8.23. The molecule has 2 saturated carbocycles. The molecule has 0 aliphatic heterocycles. The summed E-state index contributed by atoms with van der Waals surface area (Å²) in [6.07, 6.45) is 13.1. The first-order valence-electron chi connectivity index (χ1n) is 6.42. The highest BCUT2D eigenvalue weighted by Crippen LogP contribution is 2.59. The maximum absolute atomic E-state index is 6.49. The molecule has 1 aromatic heterocycles. The SMILES string of the molecule is NC1(c2cccnc2)CC2(CCCCC2)C1. The largest absolute Gasteiger partial charge is 0.321 e. The van der Waals surface area contributed by atoms with Crippen LogP contribution in [0, 0.1) is 5.41 Å². The number of nitrogens with two attached hydrogens (primary N) is 1. The Morgan fingerprint density at radius 1 is 1.12 bits per heavy atom. The molecule has 2 nitrogen and oxygen atoms in total. The first kappa shape index (κ1) is 10.3. The van der Waals surface area contributed by atoms with Crippen molar-refractivity contribution in [2.24, 2.45) is 11.1 Å². The Kier molecular flexibility index (Phi) is 2.28. The number of hydrogen-bond acceptors (Lipinski definition) is 2. The van der Waals surface area contributed by atoms with E-state index < -0.39 is 0 Å². The molecule has 0 unspecified atom stereocenters. The molecule has 1 aromatic rings. The molecular formula is C14H20N2. The normalized spacial score (nSPS) is 26.3. The highest BCUT2D eigenvalue weighted by Gasteiger charge is 2.52. The third-order valence-electron chi connectivity index (χ3n) is 4.53. The Hall–Kier alpha value is -0.890. The van der Waals surface area contributed by atoms with E-state index in [1.807, 2.05) is 18.5 Å². The van der Waals surface area contributed by atoms with E-state index in [1.165, 1.54) is 50.5 Å². The molecule has 2 fully saturated rings. The molecule has 2 N–H and O–H groups in total. The topological polar surface area (TPSA) is 38.9 Å². The summed E-state index contributed by atoms with van der Waals surface area (Å²) in [5, 5.41) is 0. The summed E-state index contributed by atoms with van der Waals surface area (Å²) in [4.78, 5) is 4.19. The Balaban J connectivity index is 1.75. The van der Waals surface area contributed by atoms with Crippen molar-refractivity contribution < 1.29 is 0 Å². The van der Waals surface area contributed by atoms with Crippen LogP contribution >= 0.6 is 0 Å².